The fraction of sp³-hybridized carbons (Fsp3) is 0.357. The van der Waals surface area contributed by atoms with Crippen molar-refractivity contribution in [1.29, 1.82) is 0 Å². The van der Waals surface area contributed by atoms with Gasteiger partial charge in [0.05, 0.1) is 49.6 Å². The van der Waals surface area contributed by atoms with Crippen LogP contribution >= 0.6 is 11.6 Å². The molecule has 2 aromatic rings. The molecule has 108 valence electrons. The molecule has 0 N–H and O–H groups in total. The molecule has 0 aliphatic carbocycles. The lowest BCUT2D eigenvalue weighted by Gasteiger charge is -2.15. The molecule has 0 aliphatic heterocycles. The van der Waals surface area contributed by atoms with Gasteiger partial charge in [0, 0.05) is 13.2 Å². The quantitative estimate of drug-likeness (QED) is 0.849. The standard InChI is InChI=1S/C14H16ClNO4/c1-17-7-8-5-9(15)12-10(16-8)6-11(18-2)13(19-3)14(12)20-4/h5-6H,7H2,1-4H3. The van der Waals surface area contributed by atoms with Crippen LogP contribution in [0.1, 0.15) is 5.69 Å². The van der Waals surface area contributed by atoms with Gasteiger partial charge in [0.25, 0.3) is 0 Å². The van der Waals surface area contributed by atoms with Crippen LogP contribution in [0.2, 0.25) is 5.02 Å². The second-order valence-corrected chi connectivity index (χ2v) is 4.48. The molecule has 0 radical (unpaired) electrons. The van der Waals surface area contributed by atoms with Crippen molar-refractivity contribution in [3.63, 3.8) is 0 Å². The van der Waals surface area contributed by atoms with E-state index in [0.717, 1.165) is 5.69 Å². The number of rotatable bonds is 5. The first-order chi connectivity index (χ1) is 9.65. The molecule has 0 aliphatic rings. The van der Waals surface area contributed by atoms with E-state index < -0.39 is 0 Å². The van der Waals surface area contributed by atoms with Crippen molar-refractivity contribution in [2.75, 3.05) is 28.4 Å². The molecule has 0 saturated heterocycles. The van der Waals surface area contributed by atoms with Crippen molar-refractivity contribution in [3.8, 4) is 17.2 Å². The van der Waals surface area contributed by atoms with E-state index in [1.54, 1.807) is 40.6 Å². The Morgan fingerprint density at radius 2 is 1.70 bits per heavy atom. The first-order valence-corrected chi connectivity index (χ1v) is 6.31. The van der Waals surface area contributed by atoms with Crippen molar-refractivity contribution < 1.29 is 18.9 Å². The molecule has 0 fully saturated rings. The zero-order valence-corrected chi connectivity index (χ0v) is 12.6. The van der Waals surface area contributed by atoms with Gasteiger partial charge in [0.15, 0.2) is 11.5 Å². The largest absolute Gasteiger partial charge is 0.493 e. The number of pyridine rings is 1. The zero-order valence-electron chi connectivity index (χ0n) is 11.8. The van der Waals surface area contributed by atoms with E-state index in [1.165, 1.54) is 0 Å². The Bertz CT molecular complexity index is 630. The first-order valence-electron chi connectivity index (χ1n) is 5.93. The minimum atomic E-state index is 0.381. The maximum absolute atomic E-state index is 6.33. The Kier molecular flexibility index (Phi) is 4.52. The van der Waals surface area contributed by atoms with Gasteiger partial charge in [-0.1, -0.05) is 11.6 Å². The molecular weight excluding hydrogens is 282 g/mol. The van der Waals surface area contributed by atoms with Crippen LogP contribution in [0, 0.1) is 0 Å². The van der Waals surface area contributed by atoms with E-state index in [0.29, 0.717) is 39.8 Å². The number of hydrogen-bond donors (Lipinski definition) is 0. The number of nitrogens with zero attached hydrogens (tertiary/aromatic N) is 1. The van der Waals surface area contributed by atoms with Crippen LogP contribution < -0.4 is 14.2 Å². The van der Waals surface area contributed by atoms with Crippen molar-refractivity contribution >= 4 is 22.5 Å². The van der Waals surface area contributed by atoms with Gasteiger partial charge < -0.3 is 18.9 Å². The molecule has 20 heavy (non-hydrogen) atoms. The van der Waals surface area contributed by atoms with E-state index in [1.807, 2.05) is 0 Å². The van der Waals surface area contributed by atoms with Crippen molar-refractivity contribution in [2.45, 2.75) is 6.61 Å². The van der Waals surface area contributed by atoms with Crippen LogP contribution in [0.4, 0.5) is 0 Å². The zero-order chi connectivity index (χ0) is 14.7. The SMILES string of the molecule is COCc1cc(Cl)c2c(OC)c(OC)c(OC)cc2n1. The number of aromatic nitrogens is 1. The number of hydrogen-bond acceptors (Lipinski definition) is 5. The number of halogens is 1. The average molecular weight is 298 g/mol. The predicted octanol–water partition coefficient (Wildman–Crippen LogP) is 3.06. The number of fused-ring (bicyclic) bond motifs is 1. The summed E-state index contributed by atoms with van der Waals surface area (Å²) in [7, 11) is 6.27. The third kappa shape index (κ3) is 2.46. The van der Waals surface area contributed by atoms with Gasteiger partial charge in [0.2, 0.25) is 5.75 Å². The van der Waals surface area contributed by atoms with Gasteiger partial charge in [-0.2, -0.15) is 0 Å². The van der Waals surface area contributed by atoms with Crippen LogP contribution in [0.25, 0.3) is 10.9 Å². The van der Waals surface area contributed by atoms with Crippen LogP contribution in [0.5, 0.6) is 17.2 Å². The second kappa shape index (κ2) is 6.15. The summed E-state index contributed by atoms with van der Waals surface area (Å²) in [5, 5.41) is 1.21. The fourth-order valence-corrected chi connectivity index (χ4v) is 2.40. The third-order valence-corrected chi connectivity index (χ3v) is 3.20. The van der Waals surface area contributed by atoms with Gasteiger partial charge in [-0.25, -0.2) is 4.98 Å². The second-order valence-electron chi connectivity index (χ2n) is 4.07. The van der Waals surface area contributed by atoms with Gasteiger partial charge in [-0.15, -0.1) is 0 Å². The number of ether oxygens (including phenoxy) is 4. The fourth-order valence-electron chi connectivity index (χ4n) is 2.09. The summed E-state index contributed by atoms with van der Waals surface area (Å²) in [6.45, 7) is 0.381. The minimum Gasteiger partial charge on any atom is -0.493 e. The number of benzene rings is 1. The first kappa shape index (κ1) is 14.7. The van der Waals surface area contributed by atoms with Gasteiger partial charge in [-0.05, 0) is 6.07 Å². The molecule has 1 aromatic carbocycles. The molecule has 0 unspecified atom stereocenters. The maximum atomic E-state index is 6.33. The van der Waals surface area contributed by atoms with Gasteiger partial charge >= 0.3 is 0 Å². The number of methoxy groups -OCH3 is 4. The third-order valence-electron chi connectivity index (χ3n) is 2.90. The van der Waals surface area contributed by atoms with Crippen molar-refractivity contribution in [3.05, 3.63) is 22.8 Å². The topological polar surface area (TPSA) is 49.8 Å². The van der Waals surface area contributed by atoms with E-state index in [-0.39, 0.29) is 0 Å². The van der Waals surface area contributed by atoms with Crippen LogP contribution in [-0.2, 0) is 11.3 Å². The normalized spacial score (nSPS) is 10.7. The maximum Gasteiger partial charge on any atom is 0.204 e. The Hall–Kier alpha value is -1.72. The average Bonchev–Trinajstić information content (AvgIpc) is 2.45. The minimum absolute atomic E-state index is 0.381. The molecule has 0 bridgehead atoms. The van der Waals surface area contributed by atoms with E-state index in [2.05, 4.69) is 4.98 Å². The summed E-state index contributed by atoms with van der Waals surface area (Å²) in [5.41, 5.74) is 1.40. The Labute approximate surface area is 122 Å². The summed E-state index contributed by atoms with van der Waals surface area (Å²) in [6, 6.07) is 3.52. The highest BCUT2D eigenvalue weighted by Crippen LogP contribution is 2.45. The molecule has 0 atom stereocenters. The van der Waals surface area contributed by atoms with E-state index >= 15 is 0 Å². The summed E-state index contributed by atoms with van der Waals surface area (Å²) in [6.07, 6.45) is 0. The smallest absolute Gasteiger partial charge is 0.204 e. The monoisotopic (exact) mass is 297 g/mol. The molecule has 2 rings (SSSR count). The highest BCUT2D eigenvalue weighted by atomic mass is 35.5. The molecule has 0 saturated carbocycles. The molecule has 1 heterocycles. The summed E-state index contributed by atoms with van der Waals surface area (Å²) in [5.74, 6) is 1.53. The van der Waals surface area contributed by atoms with Crippen molar-refractivity contribution in [1.82, 2.24) is 4.98 Å². The van der Waals surface area contributed by atoms with Crippen LogP contribution in [-0.4, -0.2) is 33.4 Å². The Morgan fingerprint density at radius 3 is 2.25 bits per heavy atom. The molecule has 0 amide bonds. The molecule has 0 spiro atoms. The summed E-state index contributed by atoms with van der Waals surface area (Å²) >= 11 is 6.33. The highest BCUT2D eigenvalue weighted by Gasteiger charge is 2.19. The van der Waals surface area contributed by atoms with E-state index in [4.69, 9.17) is 30.5 Å². The summed E-state index contributed by atoms with van der Waals surface area (Å²) < 4.78 is 21.1. The Balaban J connectivity index is 2.80. The lowest BCUT2D eigenvalue weighted by atomic mass is 10.1. The van der Waals surface area contributed by atoms with Gasteiger partial charge in [-0.3, -0.25) is 0 Å². The highest BCUT2D eigenvalue weighted by molar-refractivity contribution is 6.36. The van der Waals surface area contributed by atoms with Crippen molar-refractivity contribution in [2.24, 2.45) is 0 Å². The van der Waals surface area contributed by atoms with Gasteiger partial charge in [0.1, 0.15) is 0 Å². The molecule has 1 aromatic heterocycles. The molecule has 5 nitrogen and oxygen atoms in total. The lowest BCUT2D eigenvalue weighted by molar-refractivity contribution is 0.182. The molecular formula is C14H16ClNO4. The van der Waals surface area contributed by atoms with Crippen LogP contribution in [0.3, 0.4) is 0 Å². The molecule has 6 heteroatoms. The van der Waals surface area contributed by atoms with Crippen LogP contribution in [0.15, 0.2) is 12.1 Å². The summed E-state index contributed by atoms with van der Waals surface area (Å²) in [4.78, 5) is 4.49. The lowest BCUT2D eigenvalue weighted by Crippen LogP contribution is -1.99. The predicted molar refractivity (Wildman–Crippen MR) is 77.1 cm³/mol. The Morgan fingerprint density at radius 1 is 1.00 bits per heavy atom. The van der Waals surface area contributed by atoms with E-state index in [9.17, 15) is 0 Å².